The number of hydrogen-bond acceptors (Lipinski definition) is 4. The van der Waals surface area contributed by atoms with Crippen molar-refractivity contribution in [2.45, 2.75) is 19.4 Å². The first-order valence-corrected chi connectivity index (χ1v) is 7.04. The van der Waals surface area contributed by atoms with Crippen LogP contribution < -0.4 is 0 Å². The highest BCUT2D eigenvalue weighted by atomic mass is 32.2. The molecule has 2 atom stereocenters. The Morgan fingerprint density at radius 3 is 2.94 bits per heavy atom. The highest BCUT2D eigenvalue weighted by Crippen LogP contribution is 2.24. The largest absolute Gasteiger partial charge is 0.394 e. The molecule has 2 aliphatic heterocycles. The molecular weight excluding hydrogens is 240 g/mol. The van der Waals surface area contributed by atoms with Gasteiger partial charge in [0.15, 0.2) is 0 Å². The van der Waals surface area contributed by atoms with Crippen LogP contribution in [0.3, 0.4) is 0 Å². The Balaban J connectivity index is 1.93. The van der Waals surface area contributed by atoms with Gasteiger partial charge in [-0.25, -0.2) is 0 Å². The second-order valence-corrected chi connectivity index (χ2v) is 5.63. The Labute approximate surface area is 105 Å². The molecule has 5 nitrogen and oxygen atoms in total. The fourth-order valence-electron chi connectivity index (χ4n) is 2.39. The molecule has 6 heteroatoms. The third-order valence-corrected chi connectivity index (χ3v) is 4.49. The van der Waals surface area contributed by atoms with Gasteiger partial charge in [0.1, 0.15) is 6.54 Å². The summed E-state index contributed by atoms with van der Waals surface area (Å²) in [7, 11) is 0. The van der Waals surface area contributed by atoms with Crippen molar-refractivity contribution in [3.05, 3.63) is 0 Å². The Morgan fingerprint density at radius 1 is 1.59 bits per heavy atom. The number of nitrogens with zero attached hydrogens (tertiary/aromatic N) is 2. The standard InChI is InChI=1S/C11H18N2O3S/c1-8-2-3-13(9(8)5-14)10(15)4-12-7-17-6-11(12)16/h8-9,14H,2-7H2,1H3. The van der Waals surface area contributed by atoms with Crippen molar-refractivity contribution in [1.29, 1.82) is 0 Å². The van der Waals surface area contributed by atoms with E-state index < -0.39 is 0 Å². The first kappa shape index (κ1) is 12.7. The molecule has 0 aromatic heterocycles. The molecule has 0 radical (unpaired) electrons. The summed E-state index contributed by atoms with van der Waals surface area (Å²) in [5, 5.41) is 9.29. The van der Waals surface area contributed by atoms with E-state index in [2.05, 4.69) is 0 Å². The van der Waals surface area contributed by atoms with E-state index in [4.69, 9.17) is 0 Å². The fraction of sp³-hybridized carbons (Fsp3) is 0.818. The second kappa shape index (κ2) is 5.27. The minimum absolute atomic E-state index is 0.00953. The molecule has 2 amide bonds. The lowest BCUT2D eigenvalue weighted by atomic mass is 10.0. The molecule has 0 aromatic rings. The van der Waals surface area contributed by atoms with Gasteiger partial charge in [-0.3, -0.25) is 9.59 Å². The Morgan fingerprint density at radius 2 is 2.35 bits per heavy atom. The second-order valence-electron chi connectivity index (χ2n) is 4.67. The maximum absolute atomic E-state index is 12.1. The van der Waals surface area contributed by atoms with Crippen molar-refractivity contribution >= 4 is 23.6 Å². The summed E-state index contributed by atoms with van der Waals surface area (Å²) in [6.45, 7) is 2.91. The number of carbonyl (C=O) groups is 2. The first-order chi connectivity index (χ1) is 8.13. The summed E-state index contributed by atoms with van der Waals surface area (Å²) in [6, 6.07) is -0.0761. The number of likely N-dealkylation sites (tertiary alicyclic amines) is 1. The normalized spacial score (nSPS) is 29.2. The van der Waals surface area contributed by atoms with E-state index in [1.54, 1.807) is 9.80 Å². The molecule has 0 aliphatic carbocycles. The summed E-state index contributed by atoms with van der Waals surface area (Å²) in [5.41, 5.74) is 0. The van der Waals surface area contributed by atoms with Crippen LogP contribution in [0.4, 0.5) is 0 Å². The van der Waals surface area contributed by atoms with Crippen LogP contribution in [0.2, 0.25) is 0 Å². The van der Waals surface area contributed by atoms with Gasteiger partial charge in [-0.05, 0) is 12.3 Å². The van der Waals surface area contributed by atoms with E-state index in [9.17, 15) is 14.7 Å². The van der Waals surface area contributed by atoms with Gasteiger partial charge >= 0.3 is 0 Å². The zero-order valence-electron chi connectivity index (χ0n) is 9.96. The molecule has 1 N–H and O–H groups in total. The SMILES string of the molecule is CC1CCN(C(=O)CN2CSCC2=O)C1CO. The van der Waals surface area contributed by atoms with Crippen molar-refractivity contribution in [2.75, 3.05) is 31.3 Å². The number of aliphatic hydroxyl groups excluding tert-OH is 1. The highest BCUT2D eigenvalue weighted by molar-refractivity contribution is 8.00. The maximum Gasteiger partial charge on any atom is 0.242 e. The zero-order chi connectivity index (χ0) is 12.4. The smallest absolute Gasteiger partial charge is 0.242 e. The highest BCUT2D eigenvalue weighted by Gasteiger charge is 2.35. The molecule has 0 spiro atoms. The molecule has 0 saturated carbocycles. The van der Waals surface area contributed by atoms with Gasteiger partial charge < -0.3 is 14.9 Å². The van der Waals surface area contributed by atoms with E-state index in [0.717, 1.165) is 6.42 Å². The van der Waals surface area contributed by atoms with E-state index in [-0.39, 0.29) is 31.0 Å². The molecule has 2 rings (SSSR count). The van der Waals surface area contributed by atoms with Gasteiger partial charge in [0.25, 0.3) is 0 Å². The van der Waals surface area contributed by atoms with E-state index in [1.807, 2.05) is 6.92 Å². The minimum Gasteiger partial charge on any atom is -0.394 e. The number of hydrogen-bond donors (Lipinski definition) is 1. The quantitative estimate of drug-likeness (QED) is 0.758. The van der Waals surface area contributed by atoms with Crippen molar-refractivity contribution in [2.24, 2.45) is 5.92 Å². The lowest BCUT2D eigenvalue weighted by Gasteiger charge is -2.27. The van der Waals surface area contributed by atoms with Crippen LogP contribution in [-0.4, -0.2) is 64.1 Å². The summed E-state index contributed by atoms with van der Waals surface area (Å²) in [5.74, 6) is 1.43. The lowest BCUT2D eigenvalue weighted by molar-refractivity contribution is -0.139. The van der Waals surface area contributed by atoms with Crippen LogP contribution in [-0.2, 0) is 9.59 Å². The van der Waals surface area contributed by atoms with E-state index in [1.165, 1.54) is 11.8 Å². The number of carbonyl (C=O) groups excluding carboxylic acids is 2. The number of amides is 2. The average Bonchev–Trinajstić information content (AvgIpc) is 2.86. The minimum atomic E-state index is -0.0761. The van der Waals surface area contributed by atoms with Crippen LogP contribution in [0.15, 0.2) is 0 Å². The molecule has 2 aliphatic rings. The zero-order valence-corrected chi connectivity index (χ0v) is 10.8. The van der Waals surface area contributed by atoms with Crippen molar-refractivity contribution in [1.82, 2.24) is 9.80 Å². The first-order valence-electron chi connectivity index (χ1n) is 5.89. The molecular formula is C11H18N2O3S. The van der Waals surface area contributed by atoms with Gasteiger partial charge in [-0.15, -0.1) is 11.8 Å². The maximum atomic E-state index is 12.1. The summed E-state index contributed by atoms with van der Waals surface area (Å²) in [6.07, 6.45) is 0.930. The molecule has 2 unspecified atom stereocenters. The van der Waals surface area contributed by atoms with Gasteiger partial charge in [-0.2, -0.15) is 0 Å². The summed E-state index contributed by atoms with van der Waals surface area (Å²) >= 11 is 1.54. The summed E-state index contributed by atoms with van der Waals surface area (Å²) in [4.78, 5) is 26.8. The van der Waals surface area contributed by atoms with Crippen molar-refractivity contribution < 1.29 is 14.7 Å². The lowest BCUT2D eigenvalue weighted by Crippen LogP contribution is -2.45. The van der Waals surface area contributed by atoms with Crippen LogP contribution in [0.1, 0.15) is 13.3 Å². The number of rotatable bonds is 3. The van der Waals surface area contributed by atoms with E-state index >= 15 is 0 Å². The van der Waals surface area contributed by atoms with E-state index in [0.29, 0.717) is 24.1 Å². The molecule has 2 heterocycles. The average molecular weight is 258 g/mol. The molecule has 96 valence electrons. The predicted molar refractivity (Wildman–Crippen MR) is 65.4 cm³/mol. The van der Waals surface area contributed by atoms with Crippen molar-refractivity contribution in [3.63, 3.8) is 0 Å². The third-order valence-electron chi connectivity index (χ3n) is 3.54. The Hall–Kier alpha value is -0.750. The van der Waals surface area contributed by atoms with Crippen LogP contribution in [0.25, 0.3) is 0 Å². The molecule has 0 bridgehead atoms. The van der Waals surface area contributed by atoms with Crippen molar-refractivity contribution in [3.8, 4) is 0 Å². The number of thioether (sulfide) groups is 1. The molecule has 2 saturated heterocycles. The molecule has 0 aromatic carbocycles. The van der Waals surface area contributed by atoms with Gasteiger partial charge in [-0.1, -0.05) is 6.92 Å². The fourth-order valence-corrected chi connectivity index (χ4v) is 3.29. The monoisotopic (exact) mass is 258 g/mol. The number of aliphatic hydroxyl groups is 1. The molecule has 17 heavy (non-hydrogen) atoms. The summed E-state index contributed by atoms with van der Waals surface area (Å²) < 4.78 is 0. The topological polar surface area (TPSA) is 60.9 Å². The van der Waals surface area contributed by atoms with Gasteiger partial charge in [0, 0.05) is 6.54 Å². The van der Waals surface area contributed by atoms with Gasteiger partial charge in [0.2, 0.25) is 11.8 Å². The van der Waals surface area contributed by atoms with Crippen LogP contribution >= 0.6 is 11.8 Å². The van der Waals surface area contributed by atoms with Crippen LogP contribution in [0, 0.1) is 5.92 Å². The predicted octanol–water partition coefficient (Wildman–Crippen LogP) is -0.251. The third kappa shape index (κ3) is 2.57. The van der Waals surface area contributed by atoms with Gasteiger partial charge in [0.05, 0.1) is 24.3 Å². The van der Waals surface area contributed by atoms with Crippen LogP contribution in [0.5, 0.6) is 0 Å². The Bertz CT molecular complexity index is 324. The molecule has 2 fully saturated rings. The Kier molecular flexibility index (Phi) is 3.93.